The fraction of sp³-hybridized carbons (Fsp3) is 0.591. The second kappa shape index (κ2) is 11.6. The molecular formula is C22H34N4O2. The second-order valence-electron chi connectivity index (χ2n) is 7.42. The van der Waals surface area contributed by atoms with Gasteiger partial charge in [0.2, 0.25) is 0 Å². The van der Waals surface area contributed by atoms with Crippen LogP contribution in [-0.2, 0) is 11.2 Å². The minimum atomic E-state index is 0.0142. The number of guanidine groups is 1. The Morgan fingerprint density at radius 1 is 1.25 bits per heavy atom. The smallest absolute Gasteiger partial charge is 0.191 e. The highest BCUT2D eigenvalue weighted by molar-refractivity contribution is 5.79. The molecule has 154 valence electrons. The van der Waals surface area contributed by atoms with Gasteiger partial charge < -0.3 is 20.1 Å². The van der Waals surface area contributed by atoms with Gasteiger partial charge in [-0.3, -0.25) is 9.89 Å². The number of ether oxygens (including phenoxy) is 2. The Bertz CT molecular complexity index is 643. The maximum Gasteiger partial charge on any atom is 0.191 e. The molecule has 1 heterocycles. The third-order valence-electron chi connectivity index (χ3n) is 4.79. The summed E-state index contributed by atoms with van der Waals surface area (Å²) >= 11 is 0. The maximum absolute atomic E-state index is 5.46. The minimum Gasteiger partial charge on any atom is -0.481 e. The third-order valence-corrected chi connectivity index (χ3v) is 4.79. The van der Waals surface area contributed by atoms with Crippen molar-refractivity contribution in [3.05, 3.63) is 29.8 Å². The zero-order chi connectivity index (χ0) is 20.2. The van der Waals surface area contributed by atoms with Gasteiger partial charge in [-0.15, -0.1) is 6.42 Å². The van der Waals surface area contributed by atoms with Crippen LogP contribution in [0.2, 0.25) is 0 Å². The van der Waals surface area contributed by atoms with Crippen LogP contribution < -0.4 is 15.4 Å². The number of hydrogen-bond acceptors (Lipinski definition) is 4. The largest absolute Gasteiger partial charge is 0.481 e. The number of nitrogens with zero attached hydrogens (tertiary/aromatic N) is 2. The van der Waals surface area contributed by atoms with Crippen LogP contribution in [0.15, 0.2) is 29.3 Å². The lowest BCUT2D eigenvalue weighted by Gasteiger charge is -2.39. The van der Waals surface area contributed by atoms with Gasteiger partial charge in [-0.2, -0.15) is 0 Å². The molecule has 1 aromatic rings. The van der Waals surface area contributed by atoms with Gasteiger partial charge in [0.25, 0.3) is 0 Å². The normalized spacial score (nSPS) is 15.7. The first kappa shape index (κ1) is 22.1. The molecule has 1 aliphatic heterocycles. The number of benzene rings is 1. The van der Waals surface area contributed by atoms with Crippen molar-refractivity contribution in [2.75, 3.05) is 52.5 Å². The summed E-state index contributed by atoms with van der Waals surface area (Å²) in [4.78, 5) is 7.26. The summed E-state index contributed by atoms with van der Waals surface area (Å²) in [6, 6.07) is 8.05. The Morgan fingerprint density at radius 2 is 1.96 bits per heavy atom. The van der Waals surface area contributed by atoms with Gasteiger partial charge in [0.05, 0.1) is 19.8 Å². The molecule has 0 amide bonds. The second-order valence-corrected chi connectivity index (χ2v) is 7.42. The van der Waals surface area contributed by atoms with E-state index in [4.69, 9.17) is 20.9 Å². The van der Waals surface area contributed by atoms with Gasteiger partial charge in [0.1, 0.15) is 12.4 Å². The van der Waals surface area contributed by atoms with E-state index >= 15 is 0 Å². The first-order chi connectivity index (χ1) is 13.5. The fourth-order valence-electron chi connectivity index (χ4n) is 3.09. The monoisotopic (exact) mass is 386 g/mol. The predicted molar refractivity (Wildman–Crippen MR) is 115 cm³/mol. The number of nitrogens with one attached hydrogen (secondary N) is 2. The summed E-state index contributed by atoms with van der Waals surface area (Å²) in [5, 5.41) is 6.77. The van der Waals surface area contributed by atoms with Crippen molar-refractivity contribution < 1.29 is 9.47 Å². The van der Waals surface area contributed by atoms with Gasteiger partial charge in [-0.05, 0) is 44.9 Å². The quantitative estimate of drug-likeness (QED) is 0.386. The van der Waals surface area contributed by atoms with Crippen molar-refractivity contribution in [1.82, 2.24) is 15.5 Å². The first-order valence-corrected chi connectivity index (χ1v) is 10.1. The van der Waals surface area contributed by atoms with Gasteiger partial charge in [0.15, 0.2) is 5.96 Å². The molecule has 1 aromatic carbocycles. The molecule has 6 nitrogen and oxygen atoms in total. The predicted octanol–water partition coefficient (Wildman–Crippen LogP) is 1.91. The molecule has 0 bridgehead atoms. The van der Waals surface area contributed by atoms with Gasteiger partial charge in [0, 0.05) is 31.7 Å². The van der Waals surface area contributed by atoms with E-state index in [9.17, 15) is 0 Å². The Hall–Kier alpha value is -2.23. The van der Waals surface area contributed by atoms with Crippen molar-refractivity contribution in [3.63, 3.8) is 0 Å². The Morgan fingerprint density at radius 3 is 2.61 bits per heavy atom. The molecule has 0 atom stereocenters. The molecule has 0 radical (unpaired) electrons. The van der Waals surface area contributed by atoms with E-state index in [-0.39, 0.29) is 5.54 Å². The minimum absolute atomic E-state index is 0.0142. The number of aliphatic imine (C=N–C) groups is 1. The summed E-state index contributed by atoms with van der Waals surface area (Å²) in [7, 11) is 0. The molecule has 0 spiro atoms. The molecule has 2 rings (SSSR count). The molecule has 0 unspecified atom stereocenters. The van der Waals surface area contributed by atoms with E-state index in [1.54, 1.807) is 0 Å². The Balaban J connectivity index is 1.82. The zero-order valence-electron chi connectivity index (χ0n) is 17.5. The highest BCUT2D eigenvalue weighted by atomic mass is 16.5. The van der Waals surface area contributed by atoms with E-state index in [0.29, 0.717) is 6.61 Å². The fourth-order valence-corrected chi connectivity index (χ4v) is 3.09. The lowest BCUT2D eigenvalue weighted by molar-refractivity contribution is -0.00683. The molecule has 0 saturated carbocycles. The van der Waals surface area contributed by atoms with Crippen LogP contribution in [0, 0.1) is 12.3 Å². The zero-order valence-corrected chi connectivity index (χ0v) is 17.5. The molecule has 6 heteroatoms. The topological polar surface area (TPSA) is 58.1 Å². The lowest BCUT2D eigenvalue weighted by Crippen LogP contribution is -2.52. The van der Waals surface area contributed by atoms with Crippen LogP contribution in [0.3, 0.4) is 0 Å². The number of morpholine rings is 1. The first-order valence-electron chi connectivity index (χ1n) is 10.1. The summed E-state index contributed by atoms with van der Waals surface area (Å²) < 4.78 is 10.9. The van der Waals surface area contributed by atoms with Gasteiger partial charge >= 0.3 is 0 Å². The van der Waals surface area contributed by atoms with Gasteiger partial charge in [-0.1, -0.05) is 18.1 Å². The van der Waals surface area contributed by atoms with Crippen molar-refractivity contribution in [1.29, 1.82) is 0 Å². The standard InChI is InChI=1S/C22H34N4O2/c1-5-15-28-20-9-7-19(8-10-20)11-12-24-21(23-6-2)25-18-22(3,4)26-13-16-27-17-14-26/h1,7-10H,6,11-18H2,2-4H3,(H2,23,24,25). The summed E-state index contributed by atoms with van der Waals surface area (Å²) in [6.07, 6.45) is 6.12. The molecule has 1 saturated heterocycles. The van der Waals surface area contributed by atoms with E-state index in [0.717, 1.165) is 64.1 Å². The molecule has 2 N–H and O–H groups in total. The number of terminal acetylenes is 1. The van der Waals surface area contributed by atoms with E-state index in [1.165, 1.54) is 5.56 Å². The van der Waals surface area contributed by atoms with Crippen molar-refractivity contribution in [2.24, 2.45) is 4.99 Å². The SMILES string of the molecule is C#CCOc1ccc(CCNC(=NCC(C)(C)N2CCOCC2)NCC)cc1. The van der Waals surface area contributed by atoms with Crippen molar-refractivity contribution >= 4 is 5.96 Å². The van der Waals surface area contributed by atoms with Gasteiger partial charge in [-0.25, -0.2) is 0 Å². The average molecular weight is 387 g/mol. The Kier molecular flexibility index (Phi) is 9.12. The van der Waals surface area contributed by atoms with Crippen LogP contribution in [0.25, 0.3) is 0 Å². The number of rotatable bonds is 9. The molecule has 0 aliphatic carbocycles. The molecule has 1 fully saturated rings. The highest BCUT2D eigenvalue weighted by Gasteiger charge is 2.28. The van der Waals surface area contributed by atoms with Crippen molar-refractivity contribution in [3.8, 4) is 18.1 Å². The average Bonchev–Trinajstić information content (AvgIpc) is 2.72. The van der Waals surface area contributed by atoms with E-state index in [1.807, 2.05) is 12.1 Å². The van der Waals surface area contributed by atoms with Crippen molar-refractivity contribution in [2.45, 2.75) is 32.7 Å². The summed E-state index contributed by atoms with van der Waals surface area (Å²) in [6.45, 7) is 12.8. The lowest BCUT2D eigenvalue weighted by atomic mass is 10.0. The van der Waals surface area contributed by atoms with E-state index < -0.39 is 0 Å². The van der Waals surface area contributed by atoms with Crippen LogP contribution in [-0.4, -0.2) is 68.9 Å². The molecular weight excluding hydrogens is 352 g/mol. The molecule has 1 aliphatic rings. The molecule has 0 aromatic heterocycles. The summed E-state index contributed by atoms with van der Waals surface area (Å²) in [5.41, 5.74) is 1.26. The van der Waals surface area contributed by atoms with Crippen LogP contribution in [0.5, 0.6) is 5.75 Å². The Labute approximate surface area is 169 Å². The third kappa shape index (κ3) is 7.41. The van der Waals surface area contributed by atoms with E-state index in [2.05, 4.69) is 54.4 Å². The maximum atomic E-state index is 5.46. The number of hydrogen-bond donors (Lipinski definition) is 2. The highest BCUT2D eigenvalue weighted by Crippen LogP contribution is 2.16. The van der Waals surface area contributed by atoms with Crippen LogP contribution in [0.4, 0.5) is 0 Å². The molecule has 28 heavy (non-hydrogen) atoms. The van der Waals surface area contributed by atoms with Crippen LogP contribution in [0.1, 0.15) is 26.3 Å². The van der Waals surface area contributed by atoms with Crippen LogP contribution >= 0.6 is 0 Å². The summed E-state index contributed by atoms with van der Waals surface area (Å²) in [5.74, 6) is 4.13.